The Labute approximate surface area is 112 Å². The molecule has 1 saturated carbocycles. The first-order valence-corrected chi connectivity index (χ1v) is 6.38. The summed E-state index contributed by atoms with van der Waals surface area (Å²) in [5, 5.41) is 14.0. The van der Waals surface area contributed by atoms with Crippen molar-refractivity contribution in [2.45, 2.75) is 31.7 Å². The lowest BCUT2D eigenvalue weighted by Gasteiger charge is -2.22. The smallest absolute Gasteiger partial charge is 0.317 e. The van der Waals surface area contributed by atoms with Gasteiger partial charge in [0.1, 0.15) is 0 Å². The minimum absolute atomic E-state index is 0.0559. The maximum atomic E-state index is 11.9. The Morgan fingerprint density at radius 3 is 2.47 bits per heavy atom. The van der Waals surface area contributed by atoms with E-state index in [-0.39, 0.29) is 36.7 Å². The van der Waals surface area contributed by atoms with Crippen LogP contribution in [0.15, 0.2) is 0 Å². The molecule has 7 heteroatoms. The molecule has 0 bridgehead atoms. The quantitative estimate of drug-likeness (QED) is 0.607. The maximum absolute atomic E-state index is 11.9. The number of nitrogens with one attached hydrogen (secondary N) is 2. The summed E-state index contributed by atoms with van der Waals surface area (Å²) in [5.41, 5.74) is 0. The van der Waals surface area contributed by atoms with E-state index in [1.54, 1.807) is 14.1 Å². The average molecular weight is 271 g/mol. The van der Waals surface area contributed by atoms with Gasteiger partial charge in [0.25, 0.3) is 0 Å². The summed E-state index contributed by atoms with van der Waals surface area (Å²) in [6.45, 7) is 0.302. The lowest BCUT2D eigenvalue weighted by Crippen LogP contribution is -2.45. The van der Waals surface area contributed by atoms with Gasteiger partial charge in [-0.15, -0.1) is 0 Å². The van der Waals surface area contributed by atoms with Crippen molar-refractivity contribution < 1.29 is 19.5 Å². The van der Waals surface area contributed by atoms with E-state index in [4.69, 9.17) is 5.11 Å². The van der Waals surface area contributed by atoms with Gasteiger partial charge in [-0.05, 0) is 18.8 Å². The van der Waals surface area contributed by atoms with E-state index in [9.17, 15) is 14.4 Å². The summed E-state index contributed by atoms with van der Waals surface area (Å²) in [6.07, 6.45) is 2.09. The molecule has 0 spiro atoms. The van der Waals surface area contributed by atoms with Crippen molar-refractivity contribution in [3.8, 4) is 0 Å². The minimum atomic E-state index is -0.912. The number of carbonyl (C=O) groups is 3. The highest BCUT2D eigenvalue weighted by Gasteiger charge is 2.34. The van der Waals surface area contributed by atoms with Crippen LogP contribution in [0.2, 0.25) is 0 Å². The van der Waals surface area contributed by atoms with Crippen LogP contribution in [0.3, 0.4) is 0 Å². The Morgan fingerprint density at radius 2 is 2.00 bits per heavy atom. The van der Waals surface area contributed by atoms with Crippen LogP contribution in [0.5, 0.6) is 0 Å². The van der Waals surface area contributed by atoms with E-state index in [0.29, 0.717) is 6.54 Å². The molecule has 1 rings (SSSR count). The fourth-order valence-corrected chi connectivity index (χ4v) is 1.79. The number of carboxylic acid groups (broad SMARTS) is 1. The van der Waals surface area contributed by atoms with E-state index >= 15 is 0 Å². The molecule has 0 saturated heterocycles. The number of carbonyl (C=O) groups excluding carboxylic acids is 2. The van der Waals surface area contributed by atoms with Crippen molar-refractivity contribution in [2.75, 3.05) is 20.6 Å². The van der Waals surface area contributed by atoms with E-state index in [1.807, 2.05) is 0 Å². The first-order chi connectivity index (χ1) is 8.93. The molecule has 0 aliphatic heterocycles. The third-order valence-electron chi connectivity index (χ3n) is 3.19. The van der Waals surface area contributed by atoms with Crippen molar-refractivity contribution in [3.63, 3.8) is 0 Å². The van der Waals surface area contributed by atoms with Crippen molar-refractivity contribution in [1.82, 2.24) is 15.5 Å². The number of hydrogen-bond donors (Lipinski definition) is 3. The summed E-state index contributed by atoms with van der Waals surface area (Å²) >= 11 is 0. The molecule has 19 heavy (non-hydrogen) atoms. The van der Waals surface area contributed by atoms with Crippen LogP contribution in [-0.4, -0.2) is 54.6 Å². The molecule has 0 radical (unpaired) electrons. The lowest BCUT2D eigenvalue weighted by molar-refractivity contribution is -0.137. The van der Waals surface area contributed by atoms with Gasteiger partial charge in [-0.1, -0.05) is 0 Å². The number of urea groups is 1. The molecule has 1 aliphatic rings. The number of nitrogens with zero attached hydrogens (tertiary/aromatic N) is 1. The zero-order valence-electron chi connectivity index (χ0n) is 11.3. The molecule has 108 valence electrons. The monoisotopic (exact) mass is 271 g/mol. The SMILES string of the molecule is CNC(=O)CCN(C)C(=O)NC(CC(=O)O)C1CC1. The molecule has 7 nitrogen and oxygen atoms in total. The summed E-state index contributed by atoms with van der Waals surface area (Å²) in [5.74, 6) is -0.776. The highest BCUT2D eigenvalue weighted by Crippen LogP contribution is 2.34. The van der Waals surface area contributed by atoms with Gasteiger partial charge in [-0.25, -0.2) is 4.79 Å². The van der Waals surface area contributed by atoms with Gasteiger partial charge in [0.2, 0.25) is 5.91 Å². The van der Waals surface area contributed by atoms with Crippen molar-refractivity contribution >= 4 is 17.9 Å². The van der Waals surface area contributed by atoms with Crippen LogP contribution in [-0.2, 0) is 9.59 Å². The number of amides is 3. The Kier molecular flexibility index (Phi) is 5.59. The van der Waals surface area contributed by atoms with Gasteiger partial charge in [-0.2, -0.15) is 0 Å². The fraction of sp³-hybridized carbons (Fsp3) is 0.750. The summed E-state index contributed by atoms with van der Waals surface area (Å²) < 4.78 is 0. The number of carboxylic acids is 1. The largest absolute Gasteiger partial charge is 0.481 e. The first-order valence-electron chi connectivity index (χ1n) is 6.38. The Bertz CT molecular complexity index is 355. The van der Waals surface area contributed by atoms with Gasteiger partial charge in [0, 0.05) is 33.1 Å². The molecule has 0 heterocycles. The topological polar surface area (TPSA) is 98.7 Å². The average Bonchev–Trinajstić information content (AvgIpc) is 3.18. The number of aliphatic carboxylic acids is 1. The third kappa shape index (κ3) is 5.58. The van der Waals surface area contributed by atoms with E-state index in [0.717, 1.165) is 12.8 Å². The van der Waals surface area contributed by atoms with E-state index in [2.05, 4.69) is 10.6 Å². The van der Waals surface area contributed by atoms with Gasteiger partial charge in [-0.3, -0.25) is 9.59 Å². The number of rotatable bonds is 7. The molecule has 1 atom stereocenters. The Hall–Kier alpha value is -1.79. The molecule has 0 aromatic heterocycles. The highest BCUT2D eigenvalue weighted by molar-refractivity contribution is 5.78. The summed E-state index contributed by atoms with van der Waals surface area (Å²) in [7, 11) is 3.13. The molecule has 3 N–H and O–H groups in total. The van der Waals surface area contributed by atoms with Crippen LogP contribution in [0.25, 0.3) is 0 Å². The highest BCUT2D eigenvalue weighted by atomic mass is 16.4. The molecule has 1 unspecified atom stereocenters. The molecule has 1 fully saturated rings. The predicted octanol–water partition coefficient (Wildman–Crippen LogP) is 0.0172. The zero-order chi connectivity index (χ0) is 14.4. The second kappa shape index (κ2) is 6.96. The zero-order valence-corrected chi connectivity index (χ0v) is 11.3. The molecule has 1 aliphatic carbocycles. The standard InChI is InChI=1S/C12H21N3O4/c1-13-10(16)5-6-15(2)12(19)14-9(7-11(17)18)8-3-4-8/h8-9H,3-7H2,1-2H3,(H,13,16)(H,14,19)(H,17,18). The van der Waals surface area contributed by atoms with Crippen molar-refractivity contribution in [3.05, 3.63) is 0 Å². The summed E-state index contributed by atoms with van der Waals surface area (Å²) in [6, 6.07) is -0.644. The number of hydrogen-bond acceptors (Lipinski definition) is 3. The van der Waals surface area contributed by atoms with Gasteiger partial charge in [0.05, 0.1) is 6.42 Å². The van der Waals surface area contributed by atoms with E-state index < -0.39 is 5.97 Å². The molecule has 0 aromatic carbocycles. The maximum Gasteiger partial charge on any atom is 0.317 e. The predicted molar refractivity (Wildman–Crippen MR) is 68.6 cm³/mol. The lowest BCUT2D eigenvalue weighted by atomic mass is 10.1. The Balaban J connectivity index is 2.38. The normalized spacial score (nSPS) is 15.5. The van der Waals surface area contributed by atoms with Crippen LogP contribution in [0.4, 0.5) is 4.79 Å². The van der Waals surface area contributed by atoms with Crippen molar-refractivity contribution in [2.24, 2.45) is 5.92 Å². The van der Waals surface area contributed by atoms with Gasteiger partial charge in [0.15, 0.2) is 0 Å². The fourth-order valence-electron chi connectivity index (χ4n) is 1.79. The van der Waals surface area contributed by atoms with Gasteiger partial charge >= 0.3 is 12.0 Å². The summed E-state index contributed by atoms with van der Waals surface area (Å²) in [4.78, 5) is 35.1. The van der Waals surface area contributed by atoms with Crippen LogP contribution in [0.1, 0.15) is 25.7 Å². The third-order valence-corrected chi connectivity index (χ3v) is 3.19. The molecular formula is C12H21N3O4. The molecule has 3 amide bonds. The van der Waals surface area contributed by atoms with Crippen LogP contribution >= 0.6 is 0 Å². The van der Waals surface area contributed by atoms with Crippen LogP contribution in [0, 0.1) is 5.92 Å². The molecule has 0 aromatic rings. The molecular weight excluding hydrogens is 250 g/mol. The second-order valence-electron chi connectivity index (χ2n) is 4.84. The van der Waals surface area contributed by atoms with Crippen LogP contribution < -0.4 is 10.6 Å². The van der Waals surface area contributed by atoms with Crippen molar-refractivity contribution in [1.29, 1.82) is 0 Å². The Morgan fingerprint density at radius 1 is 1.37 bits per heavy atom. The van der Waals surface area contributed by atoms with Gasteiger partial charge < -0.3 is 20.6 Å². The first kappa shape index (κ1) is 15.3. The minimum Gasteiger partial charge on any atom is -0.481 e. The van der Waals surface area contributed by atoms with E-state index in [1.165, 1.54) is 4.90 Å². The second-order valence-corrected chi connectivity index (χ2v) is 4.84.